The molecule has 0 saturated carbocycles. The van der Waals surface area contributed by atoms with Gasteiger partial charge in [0.25, 0.3) is 0 Å². The van der Waals surface area contributed by atoms with Crippen LogP contribution in [0.5, 0.6) is 0 Å². The highest BCUT2D eigenvalue weighted by Crippen LogP contribution is 2.28. The molecule has 0 unspecified atom stereocenters. The molecule has 0 aromatic rings. The van der Waals surface area contributed by atoms with Crippen LogP contribution in [0.3, 0.4) is 0 Å². The monoisotopic (exact) mass is 366 g/mol. The minimum absolute atomic E-state index is 1.24. The summed E-state index contributed by atoms with van der Waals surface area (Å²) in [5.41, 5.74) is 4.37. The first-order valence-corrected chi connectivity index (χ1v) is 11.9. The maximum Gasteiger partial charge on any atom is -0.0152 e. The van der Waals surface area contributed by atoms with E-state index in [2.05, 4.69) is 49.4 Å². The molecule has 150 valence electrons. The topological polar surface area (TPSA) is 0 Å². The fraction of sp³-hybridized carbons (Fsp3) is 0.630. The van der Waals surface area contributed by atoms with Crippen molar-refractivity contribution in [2.45, 2.75) is 110 Å². The molecule has 0 nitrogen and oxygen atoms in total. The van der Waals surface area contributed by atoms with Crippen LogP contribution in [-0.4, -0.2) is 0 Å². The summed E-state index contributed by atoms with van der Waals surface area (Å²) >= 11 is 0. The molecule has 0 heterocycles. The highest BCUT2D eigenvalue weighted by atomic mass is 14.1. The third-order valence-electron chi connectivity index (χ3n) is 5.93. The van der Waals surface area contributed by atoms with Gasteiger partial charge in [-0.3, -0.25) is 0 Å². The van der Waals surface area contributed by atoms with E-state index in [0.29, 0.717) is 0 Å². The number of aryl methyl sites for hydroxylation is 1. The SMILES string of the molecule is CCCCCCCCCCCCCCCCCc1ccc2cccccc1-2. The van der Waals surface area contributed by atoms with Gasteiger partial charge in [0.1, 0.15) is 0 Å². The molecular formula is C27H42. The van der Waals surface area contributed by atoms with Gasteiger partial charge in [0.05, 0.1) is 0 Å². The summed E-state index contributed by atoms with van der Waals surface area (Å²) in [4.78, 5) is 0. The zero-order chi connectivity index (χ0) is 19.0. The Morgan fingerprint density at radius 2 is 1.00 bits per heavy atom. The van der Waals surface area contributed by atoms with Gasteiger partial charge in [-0.1, -0.05) is 139 Å². The molecule has 2 aliphatic rings. The van der Waals surface area contributed by atoms with Gasteiger partial charge in [-0.25, -0.2) is 0 Å². The third kappa shape index (κ3) is 9.45. The Hall–Kier alpha value is -1.30. The Labute approximate surface area is 169 Å². The number of fused-ring (bicyclic) bond motifs is 1. The largest absolute Gasteiger partial charge is 0.0654 e. The van der Waals surface area contributed by atoms with Crippen LogP contribution in [0.1, 0.15) is 109 Å². The van der Waals surface area contributed by atoms with Gasteiger partial charge in [-0.05, 0) is 29.5 Å². The maximum atomic E-state index is 2.33. The average Bonchev–Trinajstić information content (AvgIpc) is 2.91. The van der Waals surface area contributed by atoms with Crippen molar-refractivity contribution in [1.29, 1.82) is 0 Å². The smallest absolute Gasteiger partial charge is 0.0152 e. The average molecular weight is 367 g/mol. The fourth-order valence-electron chi connectivity index (χ4n) is 4.18. The summed E-state index contributed by atoms with van der Waals surface area (Å²) in [5.74, 6) is 0. The van der Waals surface area contributed by atoms with Crippen molar-refractivity contribution in [3.8, 4) is 11.1 Å². The van der Waals surface area contributed by atoms with Crippen molar-refractivity contribution in [2.24, 2.45) is 0 Å². The van der Waals surface area contributed by atoms with E-state index >= 15 is 0 Å². The quantitative estimate of drug-likeness (QED) is 0.260. The first kappa shape index (κ1) is 22.0. The Bertz CT molecular complexity index is 556. The molecular weight excluding hydrogens is 324 g/mol. The molecule has 2 aliphatic carbocycles. The molecule has 0 aromatic carbocycles. The normalized spacial score (nSPS) is 11.3. The van der Waals surface area contributed by atoms with Crippen LogP contribution in [0.4, 0.5) is 0 Å². The summed E-state index contributed by atoms with van der Waals surface area (Å²) in [7, 11) is 0. The van der Waals surface area contributed by atoms with Gasteiger partial charge in [0, 0.05) is 0 Å². The second-order valence-electron chi connectivity index (χ2n) is 8.34. The number of unbranched alkanes of at least 4 members (excludes halogenated alkanes) is 14. The zero-order valence-corrected chi connectivity index (χ0v) is 17.9. The van der Waals surface area contributed by atoms with Crippen molar-refractivity contribution in [3.05, 3.63) is 48.0 Å². The minimum atomic E-state index is 1.24. The summed E-state index contributed by atoms with van der Waals surface area (Å²) in [5, 5.41) is 0. The van der Waals surface area contributed by atoms with Crippen molar-refractivity contribution >= 4 is 0 Å². The Morgan fingerprint density at radius 1 is 0.481 bits per heavy atom. The van der Waals surface area contributed by atoms with E-state index in [1.807, 2.05) is 0 Å². The fourth-order valence-corrected chi connectivity index (χ4v) is 4.18. The van der Waals surface area contributed by atoms with Crippen LogP contribution in [-0.2, 0) is 6.42 Å². The molecule has 27 heavy (non-hydrogen) atoms. The van der Waals surface area contributed by atoms with Crippen LogP contribution < -0.4 is 0 Å². The highest BCUT2D eigenvalue weighted by Gasteiger charge is 2.06. The summed E-state index contributed by atoms with van der Waals surface area (Å²) in [6.07, 6.45) is 22.8. The molecule has 0 amide bonds. The van der Waals surface area contributed by atoms with Crippen molar-refractivity contribution in [1.82, 2.24) is 0 Å². The molecule has 0 spiro atoms. The Kier molecular flexibility index (Phi) is 12.0. The van der Waals surface area contributed by atoms with E-state index in [9.17, 15) is 0 Å². The Balaban J connectivity index is 1.38. The highest BCUT2D eigenvalue weighted by molar-refractivity contribution is 5.70. The van der Waals surface area contributed by atoms with Gasteiger partial charge in [0.15, 0.2) is 0 Å². The van der Waals surface area contributed by atoms with Crippen LogP contribution in [0.15, 0.2) is 42.5 Å². The lowest BCUT2D eigenvalue weighted by Crippen LogP contribution is -1.86. The number of hydrogen-bond donors (Lipinski definition) is 0. The predicted molar refractivity (Wildman–Crippen MR) is 122 cm³/mol. The molecule has 0 radical (unpaired) electrons. The van der Waals surface area contributed by atoms with E-state index in [1.54, 1.807) is 0 Å². The number of rotatable bonds is 16. The van der Waals surface area contributed by atoms with Gasteiger partial charge in [-0.2, -0.15) is 0 Å². The van der Waals surface area contributed by atoms with Crippen molar-refractivity contribution in [2.75, 3.05) is 0 Å². The van der Waals surface area contributed by atoms with Crippen LogP contribution in [0, 0.1) is 0 Å². The van der Waals surface area contributed by atoms with Gasteiger partial charge in [-0.15, -0.1) is 0 Å². The lowest BCUT2D eigenvalue weighted by molar-refractivity contribution is 0.532. The van der Waals surface area contributed by atoms with Crippen LogP contribution in [0.2, 0.25) is 0 Å². The van der Waals surface area contributed by atoms with E-state index in [1.165, 1.54) is 119 Å². The molecule has 0 heteroatoms. The molecule has 0 aliphatic heterocycles. The second-order valence-corrected chi connectivity index (χ2v) is 8.34. The molecule has 0 fully saturated rings. The van der Waals surface area contributed by atoms with Crippen molar-refractivity contribution < 1.29 is 0 Å². The molecule has 0 atom stereocenters. The van der Waals surface area contributed by atoms with Gasteiger partial charge in [0.2, 0.25) is 0 Å². The minimum Gasteiger partial charge on any atom is -0.0654 e. The van der Waals surface area contributed by atoms with E-state index in [4.69, 9.17) is 0 Å². The van der Waals surface area contributed by atoms with E-state index < -0.39 is 0 Å². The molecule has 0 bridgehead atoms. The van der Waals surface area contributed by atoms with E-state index in [0.717, 1.165) is 0 Å². The standard InChI is InChI=1S/C27H42/c1-2-3-4-5-6-7-8-9-10-11-12-13-14-15-17-20-25-23-24-26-21-18-16-19-22-27(25)26/h16,18-19,21-24H,2-15,17,20H2,1H3. The first-order valence-electron chi connectivity index (χ1n) is 11.9. The van der Waals surface area contributed by atoms with Crippen LogP contribution in [0.25, 0.3) is 11.1 Å². The lowest BCUT2D eigenvalue weighted by Gasteiger charge is -2.04. The molecule has 2 rings (SSSR count). The van der Waals surface area contributed by atoms with Crippen LogP contribution >= 0.6 is 0 Å². The maximum absolute atomic E-state index is 2.33. The Morgan fingerprint density at radius 3 is 1.59 bits per heavy atom. The lowest BCUT2D eigenvalue weighted by atomic mass is 10.0. The zero-order valence-electron chi connectivity index (χ0n) is 17.9. The third-order valence-corrected chi connectivity index (χ3v) is 5.93. The second kappa shape index (κ2) is 14.7. The van der Waals surface area contributed by atoms with Gasteiger partial charge < -0.3 is 0 Å². The summed E-state index contributed by atoms with van der Waals surface area (Å²) < 4.78 is 0. The molecule has 0 aromatic heterocycles. The summed E-state index contributed by atoms with van der Waals surface area (Å²) in [6, 6.07) is 15.5. The van der Waals surface area contributed by atoms with Gasteiger partial charge >= 0.3 is 0 Å². The molecule has 0 saturated heterocycles. The predicted octanol–water partition coefficient (Wildman–Crippen LogP) is 9.21. The molecule has 0 N–H and O–H groups in total. The van der Waals surface area contributed by atoms with Crippen molar-refractivity contribution in [3.63, 3.8) is 0 Å². The van der Waals surface area contributed by atoms with E-state index in [-0.39, 0.29) is 0 Å². The number of hydrogen-bond acceptors (Lipinski definition) is 0. The first-order chi connectivity index (χ1) is 13.4. The summed E-state index contributed by atoms with van der Waals surface area (Å²) in [6.45, 7) is 2.30.